The highest BCUT2D eigenvalue weighted by atomic mass is 79.9. The first-order valence-electron chi connectivity index (χ1n) is 9.00. The number of aryl methyl sites for hydroxylation is 1. The third-order valence-corrected chi connectivity index (χ3v) is 5.87. The summed E-state index contributed by atoms with van der Waals surface area (Å²) in [7, 11) is 0. The number of likely N-dealkylation sites (tertiary alicyclic amines) is 1. The summed E-state index contributed by atoms with van der Waals surface area (Å²) >= 11 is 3.43. The number of hydrogen-bond acceptors (Lipinski definition) is 3. The van der Waals surface area contributed by atoms with Gasteiger partial charge in [0.2, 0.25) is 0 Å². The van der Waals surface area contributed by atoms with E-state index in [0.29, 0.717) is 5.71 Å². The molecule has 4 nitrogen and oxygen atoms in total. The maximum absolute atomic E-state index is 12.5. The first kappa shape index (κ1) is 17.4. The predicted octanol–water partition coefficient (Wildman–Crippen LogP) is 3.67. The molecule has 2 aromatic carbocycles. The lowest BCUT2D eigenvalue weighted by Gasteiger charge is -2.37. The van der Waals surface area contributed by atoms with Crippen molar-refractivity contribution >= 4 is 27.5 Å². The Labute approximate surface area is 162 Å². The lowest BCUT2D eigenvalue weighted by atomic mass is 9.97. The molecule has 0 saturated carbocycles. The third-order valence-electron chi connectivity index (χ3n) is 5.34. The summed E-state index contributed by atoms with van der Waals surface area (Å²) < 4.78 is 1.000. The number of piperidine rings is 1. The second kappa shape index (κ2) is 6.97. The fraction of sp³-hybridized carbons (Fsp3) is 0.333. The molecule has 2 aromatic rings. The van der Waals surface area contributed by atoms with E-state index in [9.17, 15) is 4.79 Å². The highest BCUT2D eigenvalue weighted by Crippen LogP contribution is 2.30. The molecule has 0 bridgehead atoms. The number of carbonyl (C=O) groups excluding carboxylic acids is 1. The Kier molecular flexibility index (Phi) is 4.67. The fourth-order valence-electron chi connectivity index (χ4n) is 3.71. The van der Waals surface area contributed by atoms with Crippen LogP contribution in [0.25, 0.3) is 0 Å². The van der Waals surface area contributed by atoms with Crippen molar-refractivity contribution in [3.05, 3.63) is 69.7 Å². The van der Waals surface area contributed by atoms with E-state index < -0.39 is 5.66 Å². The molecular weight excluding hydrogens is 390 g/mol. The molecule has 4 rings (SSSR count). The van der Waals surface area contributed by atoms with E-state index in [1.54, 1.807) is 0 Å². The largest absolute Gasteiger partial charge is 0.326 e. The summed E-state index contributed by atoms with van der Waals surface area (Å²) in [5, 5.41) is 3.15. The van der Waals surface area contributed by atoms with Crippen LogP contribution in [0.4, 0.5) is 0 Å². The Morgan fingerprint density at radius 1 is 1.12 bits per heavy atom. The van der Waals surface area contributed by atoms with Crippen molar-refractivity contribution in [1.29, 1.82) is 0 Å². The Balaban J connectivity index is 1.46. The van der Waals surface area contributed by atoms with Gasteiger partial charge in [0.25, 0.3) is 5.91 Å². The zero-order chi connectivity index (χ0) is 18.1. The van der Waals surface area contributed by atoms with E-state index in [1.807, 2.05) is 24.3 Å². The summed E-state index contributed by atoms with van der Waals surface area (Å²) in [6.07, 6.45) is 1.70. The van der Waals surface area contributed by atoms with Crippen molar-refractivity contribution in [2.75, 3.05) is 13.1 Å². The highest BCUT2D eigenvalue weighted by molar-refractivity contribution is 9.10. The number of nitrogens with one attached hydrogen (secondary N) is 1. The molecule has 2 aliphatic heterocycles. The number of nitrogens with zero attached hydrogens (tertiary/aromatic N) is 2. The van der Waals surface area contributed by atoms with Crippen LogP contribution in [0.5, 0.6) is 0 Å². The maximum atomic E-state index is 12.5. The van der Waals surface area contributed by atoms with Gasteiger partial charge in [0, 0.05) is 42.5 Å². The van der Waals surface area contributed by atoms with E-state index in [0.717, 1.165) is 42.5 Å². The number of carbonyl (C=O) groups is 1. The summed E-state index contributed by atoms with van der Waals surface area (Å²) in [6, 6.07) is 16.3. The average Bonchev–Trinajstić information content (AvgIpc) is 2.96. The Morgan fingerprint density at radius 3 is 2.50 bits per heavy atom. The molecule has 0 radical (unpaired) electrons. The van der Waals surface area contributed by atoms with Gasteiger partial charge in [0.15, 0.2) is 0 Å². The van der Waals surface area contributed by atoms with E-state index >= 15 is 0 Å². The van der Waals surface area contributed by atoms with Gasteiger partial charge in [-0.15, -0.1) is 0 Å². The van der Waals surface area contributed by atoms with Gasteiger partial charge in [0.1, 0.15) is 11.4 Å². The molecule has 0 aliphatic carbocycles. The summed E-state index contributed by atoms with van der Waals surface area (Å²) in [4.78, 5) is 19.8. The van der Waals surface area contributed by atoms with Gasteiger partial charge in [-0.1, -0.05) is 52.3 Å². The monoisotopic (exact) mass is 411 g/mol. The fourth-order valence-corrected chi connectivity index (χ4v) is 3.98. The van der Waals surface area contributed by atoms with Crippen LogP contribution < -0.4 is 5.32 Å². The first-order valence-corrected chi connectivity index (χ1v) is 9.79. The molecular formula is C21H22BrN3O. The molecule has 1 N–H and O–H groups in total. The Hall–Kier alpha value is -1.98. The number of benzene rings is 2. The number of aliphatic imine (C=N–C) groups is 1. The molecule has 2 heterocycles. The molecule has 0 atom stereocenters. The smallest absolute Gasteiger partial charge is 0.272 e. The molecule has 1 amide bonds. The van der Waals surface area contributed by atoms with Crippen molar-refractivity contribution in [3.63, 3.8) is 0 Å². The van der Waals surface area contributed by atoms with Crippen LogP contribution in [-0.2, 0) is 11.3 Å². The summed E-state index contributed by atoms with van der Waals surface area (Å²) in [5.41, 5.74) is 3.71. The zero-order valence-corrected chi connectivity index (χ0v) is 16.4. The molecule has 1 fully saturated rings. The van der Waals surface area contributed by atoms with E-state index in [2.05, 4.69) is 57.3 Å². The second-order valence-corrected chi connectivity index (χ2v) is 8.07. The van der Waals surface area contributed by atoms with E-state index in [4.69, 9.17) is 4.99 Å². The predicted molar refractivity (Wildman–Crippen MR) is 107 cm³/mol. The van der Waals surface area contributed by atoms with Crippen LogP contribution in [0.3, 0.4) is 0 Å². The summed E-state index contributed by atoms with van der Waals surface area (Å²) in [6.45, 7) is 4.99. The van der Waals surface area contributed by atoms with E-state index in [1.165, 1.54) is 11.1 Å². The lowest BCUT2D eigenvalue weighted by Crippen LogP contribution is -2.50. The standard InChI is InChI=1S/C21H22BrN3O/c1-15-4-2-3-5-17(15)14-25-12-10-21(11-13-25)23-19(20(26)24-21)16-6-8-18(22)9-7-16/h2-9H,10-14H2,1H3,(H,24,26). The van der Waals surface area contributed by atoms with Crippen LogP contribution in [-0.4, -0.2) is 35.3 Å². The van der Waals surface area contributed by atoms with Crippen LogP contribution in [0.1, 0.15) is 29.5 Å². The molecule has 2 aliphatic rings. The normalized spacial score (nSPS) is 19.5. The number of amides is 1. The van der Waals surface area contributed by atoms with Crippen LogP contribution >= 0.6 is 15.9 Å². The van der Waals surface area contributed by atoms with Gasteiger partial charge in [-0.3, -0.25) is 14.7 Å². The number of hydrogen-bond donors (Lipinski definition) is 1. The van der Waals surface area contributed by atoms with E-state index in [-0.39, 0.29) is 5.91 Å². The SMILES string of the molecule is Cc1ccccc1CN1CCC2(CC1)N=C(c1ccc(Br)cc1)C(=O)N2. The second-order valence-electron chi connectivity index (χ2n) is 7.16. The molecule has 1 spiro atoms. The van der Waals surface area contributed by atoms with Gasteiger partial charge in [-0.2, -0.15) is 0 Å². The lowest BCUT2D eigenvalue weighted by molar-refractivity contribution is -0.115. The minimum Gasteiger partial charge on any atom is -0.326 e. The zero-order valence-electron chi connectivity index (χ0n) is 14.8. The van der Waals surface area contributed by atoms with Crippen LogP contribution in [0, 0.1) is 6.92 Å². The highest BCUT2D eigenvalue weighted by Gasteiger charge is 2.42. The third kappa shape index (κ3) is 3.46. The van der Waals surface area contributed by atoms with Crippen molar-refractivity contribution in [2.24, 2.45) is 4.99 Å². The van der Waals surface area contributed by atoms with Gasteiger partial charge >= 0.3 is 0 Å². The van der Waals surface area contributed by atoms with Crippen molar-refractivity contribution < 1.29 is 4.79 Å². The minimum atomic E-state index is -0.429. The van der Waals surface area contributed by atoms with Gasteiger partial charge in [-0.25, -0.2) is 0 Å². The van der Waals surface area contributed by atoms with Crippen LogP contribution in [0.2, 0.25) is 0 Å². The van der Waals surface area contributed by atoms with Gasteiger partial charge in [-0.05, 0) is 30.2 Å². The Morgan fingerprint density at radius 2 is 1.81 bits per heavy atom. The number of halogens is 1. The molecule has 26 heavy (non-hydrogen) atoms. The quantitative estimate of drug-likeness (QED) is 0.836. The van der Waals surface area contributed by atoms with Crippen molar-refractivity contribution in [2.45, 2.75) is 32.0 Å². The van der Waals surface area contributed by atoms with Gasteiger partial charge < -0.3 is 5.32 Å². The molecule has 5 heteroatoms. The van der Waals surface area contributed by atoms with Crippen molar-refractivity contribution in [3.8, 4) is 0 Å². The van der Waals surface area contributed by atoms with Crippen LogP contribution in [0.15, 0.2) is 58.0 Å². The van der Waals surface area contributed by atoms with Gasteiger partial charge in [0.05, 0.1) is 0 Å². The topological polar surface area (TPSA) is 44.7 Å². The molecule has 1 saturated heterocycles. The van der Waals surface area contributed by atoms with Crippen molar-refractivity contribution in [1.82, 2.24) is 10.2 Å². The molecule has 134 valence electrons. The maximum Gasteiger partial charge on any atom is 0.272 e. The average molecular weight is 412 g/mol. The Bertz CT molecular complexity index is 852. The summed E-state index contributed by atoms with van der Waals surface area (Å²) in [5.74, 6) is -0.0559. The molecule has 0 unspecified atom stereocenters. The first-order chi connectivity index (χ1) is 12.5. The number of rotatable bonds is 3. The minimum absolute atomic E-state index is 0.0559. The molecule has 0 aromatic heterocycles.